The molecule has 1 heterocycles. The molecule has 1 aliphatic rings. The van der Waals surface area contributed by atoms with Crippen LogP contribution < -0.4 is 5.32 Å². The van der Waals surface area contributed by atoms with Crippen molar-refractivity contribution in [1.29, 1.82) is 0 Å². The van der Waals surface area contributed by atoms with Crippen LogP contribution in [-0.4, -0.2) is 51.3 Å². The van der Waals surface area contributed by atoms with Crippen molar-refractivity contribution in [2.24, 2.45) is 0 Å². The molecule has 1 saturated heterocycles. The average Bonchev–Trinajstić information content (AvgIpc) is 2.25. The highest BCUT2D eigenvalue weighted by atomic mass is 16.5. The number of piperidine rings is 1. The molecule has 0 bridgehead atoms. The number of ether oxygens (including phenoxy) is 1. The molecular formula is C11H24N2O. The van der Waals surface area contributed by atoms with E-state index in [2.05, 4.69) is 10.2 Å². The third-order valence-corrected chi connectivity index (χ3v) is 2.76. The fourth-order valence-electron chi connectivity index (χ4n) is 1.91. The van der Waals surface area contributed by atoms with E-state index < -0.39 is 0 Å². The Hall–Kier alpha value is -0.120. The van der Waals surface area contributed by atoms with Gasteiger partial charge in [0, 0.05) is 13.7 Å². The number of methoxy groups -OCH3 is 1. The summed E-state index contributed by atoms with van der Waals surface area (Å²) in [7, 11) is 1.75. The van der Waals surface area contributed by atoms with Gasteiger partial charge in [-0.1, -0.05) is 6.42 Å². The maximum atomic E-state index is 4.97. The molecule has 1 aliphatic heterocycles. The van der Waals surface area contributed by atoms with Gasteiger partial charge in [0.2, 0.25) is 0 Å². The van der Waals surface area contributed by atoms with Crippen LogP contribution >= 0.6 is 0 Å². The summed E-state index contributed by atoms with van der Waals surface area (Å²) in [5.74, 6) is 0. The normalized spacial score (nSPS) is 18.6. The van der Waals surface area contributed by atoms with Crippen molar-refractivity contribution in [2.45, 2.75) is 25.7 Å². The number of nitrogens with one attached hydrogen (secondary N) is 1. The molecule has 0 radical (unpaired) electrons. The lowest BCUT2D eigenvalue weighted by molar-refractivity contribution is 0.196. The summed E-state index contributed by atoms with van der Waals surface area (Å²) in [5.41, 5.74) is 0. The maximum absolute atomic E-state index is 4.97. The van der Waals surface area contributed by atoms with Gasteiger partial charge in [-0.3, -0.25) is 0 Å². The quantitative estimate of drug-likeness (QED) is 0.623. The topological polar surface area (TPSA) is 24.5 Å². The Kier molecular flexibility index (Phi) is 7.01. The molecule has 1 rings (SSSR count). The third-order valence-electron chi connectivity index (χ3n) is 2.76. The Morgan fingerprint density at radius 3 is 2.64 bits per heavy atom. The second-order valence-corrected chi connectivity index (χ2v) is 4.00. The van der Waals surface area contributed by atoms with Gasteiger partial charge in [0.05, 0.1) is 6.61 Å². The first-order valence-electron chi connectivity index (χ1n) is 5.85. The first-order valence-corrected chi connectivity index (χ1v) is 5.85. The van der Waals surface area contributed by atoms with Crippen molar-refractivity contribution in [3.63, 3.8) is 0 Å². The summed E-state index contributed by atoms with van der Waals surface area (Å²) in [5, 5.41) is 3.37. The summed E-state index contributed by atoms with van der Waals surface area (Å²) in [4.78, 5) is 2.58. The second-order valence-electron chi connectivity index (χ2n) is 4.00. The van der Waals surface area contributed by atoms with Gasteiger partial charge in [-0.15, -0.1) is 0 Å². The van der Waals surface area contributed by atoms with Crippen molar-refractivity contribution in [1.82, 2.24) is 10.2 Å². The highest BCUT2D eigenvalue weighted by Gasteiger charge is 2.08. The predicted molar refractivity (Wildman–Crippen MR) is 59.7 cm³/mol. The molecule has 3 nitrogen and oxygen atoms in total. The van der Waals surface area contributed by atoms with E-state index in [0.29, 0.717) is 0 Å². The molecular weight excluding hydrogens is 176 g/mol. The summed E-state index contributed by atoms with van der Waals surface area (Å²) >= 11 is 0. The van der Waals surface area contributed by atoms with E-state index in [4.69, 9.17) is 4.74 Å². The van der Waals surface area contributed by atoms with Gasteiger partial charge in [-0.05, 0) is 45.4 Å². The highest BCUT2D eigenvalue weighted by Crippen LogP contribution is 2.08. The molecule has 0 aliphatic carbocycles. The predicted octanol–water partition coefficient (Wildman–Crippen LogP) is 1.10. The van der Waals surface area contributed by atoms with E-state index in [1.54, 1.807) is 7.11 Å². The lowest BCUT2D eigenvalue weighted by Gasteiger charge is -2.26. The van der Waals surface area contributed by atoms with Crippen LogP contribution in [0.5, 0.6) is 0 Å². The number of rotatable bonds is 7. The van der Waals surface area contributed by atoms with Gasteiger partial charge < -0.3 is 15.0 Å². The summed E-state index contributed by atoms with van der Waals surface area (Å²) in [6, 6.07) is 0. The van der Waals surface area contributed by atoms with Gasteiger partial charge in [0.1, 0.15) is 0 Å². The molecule has 0 saturated carbocycles. The van der Waals surface area contributed by atoms with Crippen molar-refractivity contribution in [3.05, 3.63) is 0 Å². The van der Waals surface area contributed by atoms with Crippen LogP contribution in [-0.2, 0) is 4.74 Å². The minimum Gasteiger partial charge on any atom is -0.383 e. The van der Waals surface area contributed by atoms with Crippen LogP contribution in [0.3, 0.4) is 0 Å². The van der Waals surface area contributed by atoms with Gasteiger partial charge in [-0.25, -0.2) is 0 Å². The molecule has 0 atom stereocenters. The van der Waals surface area contributed by atoms with Crippen molar-refractivity contribution >= 4 is 0 Å². The lowest BCUT2D eigenvalue weighted by atomic mass is 10.1. The lowest BCUT2D eigenvalue weighted by Crippen LogP contribution is -2.32. The van der Waals surface area contributed by atoms with Gasteiger partial charge in [0.25, 0.3) is 0 Å². The standard InChI is InChI=1S/C11H24N2O/c1-14-11-7-12-6-5-10-13-8-3-2-4-9-13/h12H,2-11H2,1H3. The van der Waals surface area contributed by atoms with E-state index in [1.165, 1.54) is 45.3 Å². The largest absolute Gasteiger partial charge is 0.383 e. The van der Waals surface area contributed by atoms with Crippen molar-refractivity contribution < 1.29 is 4.74 Å². The van der Waals surface area contributed by atoms with E-state index in [0.717, 1.165) is 19.7 Å². The fraction of sp³-hybridized carbons (Fsp3) is 1.00. The van der Waals surface area contributed by atoms with Crippen LogP contribution in [0, 0.1) is 0 Å². The van der Waals surface area contributed by atoms with E-state index in [-0.39, 0.29) is 0 Å². The Morgan fingerprint density at radius 1 is 1.14 bits per heavy atom. The van der Waals surface area contributed by atoms with Gasteiger partial charge in [-0.2, -0.15) is 0 Å². The number of likely N-dealkylation sites (tertiary alicyclic amines) is 1. The summed E-state index contributed by atoms with van der Waals surface area (Å²) in [6.45, 7) is 6.83. The van der Waals surface area contributed by atoms with Gasteiger partial charge >= 0.3 is 0 Å². The summed E-state index contributed by atoms with van der Waals surface area (Å²) in [6.07, 6.45) is 5.50. The first-order chi connectivity index (χ1) is 6.93. The first kappa shape index (κ1) is 12.0. The molecule has 0 aromatic rings. The molecule has 0 spiro atoms. The average molecular weight is 200 g/mol. The van der Waals surface area contributed by atoms with Crippen LogP contribution in [0.15, 0.2) is 0 Å². The van der Waals surface area contributed by atoms with Gasteiger partial charge in [0.15, 0.2) is 0 Å². The smallest absolute Gasteiger partial charge is 0.0587 e. The Balaban J connectivity index is 1.82. The van der Waals surface area contributed by atoms with Crippen LogP contribution in [0.2, 0.25) is 0 Å². The zero-order valence-electron chi connectivity index (χ0n) is 9.43. The second kappa shape index (κ2) is 8.21. The molecule has 84 valence electrons. The Bertz CT molecular complexity index is 124. The number of hydrogen-bond donors (Lipinski definition) is 1. The van der Waals surface area contributed by atoms with E-state index in [1.807, 2.05) is 0 Å². The molecule has 3 heteroatoms. The molecule has 0 amide bonds. The molecule has 0 aromatic heterocycles. The molecule has 1 N–H and O–H groups in total. The zero-order valence-corrected chi connectivity index (χ0v) is 9.43. The van der Waals surface area contributed by atoms with Crippen LogP contribution in [0.4, 0.5) is 0 Å². The van der Waals surface area contributed by atoms with Crippen LogP contribution in [0.1, 0.15) is 25.7 Å². The van der Waals surface area contributed by atoms with Crippen LogP contribution in [0.25, 0.3) is 0 Å². The van der Waals surface area contributed by atoms with E-state index in [9.17, 15) is 0 Å². The number of hydrogen-bond acceptors (Lipinski definition) is 3. The molecule has 14 heavy (non-hydrogen) atoms. The minimum absolute atomic E-state index is 0.823. The molecule has 1 fully saturated rings. The van der Waals surface area contributed by atoms with Crippen molar-refractivity contribution in [2.75, 3.05) is 46.4 Å². The maximum Gasteiger partial charge on any atom is 0.0587 e. The van der Waals surface area contributed by atoms with Crippen molar-refractivity contribution in [3.8, 4) is 0 Å². The SMILES string of the molecule is COCCNCCCN1CCCCC1. The molecule has 0 unspecified atom stereocenters. The zero-order chi connectivity index (χ0) is 10.1. The minimum atomic E-state index is 0.823. The van der Waals surface area contributed by atoms with E-state index >= 15 is 0 Å². The highest BCUT2D eigenvalue weighted by molar-refractivity contribution is 4.64. The third kappa shape index (κ3) is 5.58. The Labute approximate surface area is 87.8 Å². The monoisotopic (exact) mass is 200 g/mol. The summed E-state index contributed by atoms with van der Waals surface area (Å²) < 4.78 is 4.97. The number of nitrogens with zero attached hydrogens (tertiary/aromatic N) is 1. The fourth-order valence-corrected chi connectivity index (χ4v) is 1.91. The molecule has 0 aromatic carbocycles. The Morgan fingerprint density at radius 2 is 1.93 bits per heavy atom.